The molecule has 0 aliphatic carbocycles. The van der Waals surface area contributed by atoms with E-state index < -0.39 is 17.5 Å². The Labute approximate surface area is 171 Å². The van der Waals surface area contributed by atoms with Gasteiger partial charge in [0.1, 0.15) is 0 Å². The second kappa shape index (κ2) is 9.64. The van der Waals surface area contributed by atoms with Gasteiger partial charge < -0.3 is 20.2 Å². The maximum absolute atomic E-state index is 13.3. The molecular formula is C16H21Cl2F3N4O3. The van der Waals surface area contributed by atoms with Gasteiger partial charge >= 0.3 is 11.9 Å². The summed E-state index contributed by atoms with van der Waals surface area (Å²) < 4.78 is 50.5. The Bertz CT molecular complexity index is 820. The molecule has 1 aliphatic rings. The van der Waals surface area contributed by atoms with E-state index in [0.717, 1.165) is 12.5 Å². The zero-order valence-corrected chi connectivity index (χ0v) is 16.4. The fraction of sp³-hybridized carbons (Fsp3) is 0.500. The van der Waals surface area contributed by atoms with Gasteiger partial charge in [-0.15, -0.1) is 29.9 Å². The number of alkyl halides is 3. The summed E-state index contributed by atoms with van der Waals surface area (Å²) in [6.45, 7) is 2.13. The fourth-order valence-corrected chi connectivity index (χ4v) is 2.92. The molecule has 1 saturated heterocycles. The molecule has 1 aromatic carbocycles. The first-order chi connectivity index (χ1) is 12.2. The second-order valence-electron chi connectivity index (χ2n) is 6.32. The Morgan fingerprint density at radius 1 is 1.32 bits per heavy atom. The van der Waals surface area contributed by atoms with Gasteiger partial charge in [0.2, 0.25) is 5.89 Å². The van der Waals surface area contributed by atoms with Crippen molar-refractivity contribution in [2.24, 2.45) is 5.73 Å². The van der Waals surface area contributed by atoms with Crippen LogP contribution in [0.15, 0.2) is 27.4 Å². The number of anilines is 1. The Morgan fingerprint density at radius 2 is 2.04 bits per heavy atom. The number of H-pyrrole nitrogens is 1. The number of aromatic nitrogens is 2. The van der Waals surface area contributed by atoms with Crippen LogP contribution in [0.3, 0.4) is 0 Å². The van der Waals surface area contributed by atoms with Crippen LogP contribution in [-0.2, 0) is 10.9 Å². The average Bonchev–Trinajstić information content (AvgIpc) is 3.01. The van der Waals surface area contributed by atoms with Crippen LogP contribution in [0.4, 0.5) is 18.9 Å². The first-order valence-corrected chi connectivity index (χ1v) is 8.15. The molecule has 1 unspecified atom stereocenters. The van der Waals surface area contributed by atoms with Gasteiger partial charge in [0.25, 0.3) is 0 Å². The number of aromatic amines is 1. The molecule has 3 rings (SSSR count). The molecule has 1 aliphatic heterocycles. The lowest BCUT2D eigenvalue weighted by Gasteiger charge is -2.32. The number of rotatable bonds is 4. The molecule has 2 heterocycles. The van der Waals surface area contributed by atoms with Crippen LogP contribution in [0.25, 0.3) is 11.5 Å². The third-order valence-corrected chi connectivity index (χ3v) is 4.30. The van der Waals surface area contributed by atoms with Crippen molar-refractivity contribution in [3.8, 4) is 11.5 Å². The number of ether oxygens (including phenoxy) is 1. The molecule has 1 fully saturated rings. The number of nitrogens with two attached hydrogens (primary N) is 1. The number of halogens is 5. The Balaban J connectivity index is 0.00000196. The predicted molar refractivity (Wildman–Crippen MR) is 102 cm³/mol. The highest BCUT2D eigenvalue weighted by Crippen LogP contribution is 2.37. The van der Waals surface area contributed by atoms with Crippen molar-refractivity contribution in [1.82, 2.24) is 10.2 Å². The third kappa shape index (κ3) is 5.63. The van der Waals surface area contributed by atoms with Crippen LogP contribution in [-0.4, -0.2) is 35.0 Å². The average molecular weight is 445 g/mol. The summed E-state index contributed by atoms with van der Waals surface area (Å²) >= 11 is 0. The van der Waals surface area contributed by atoms with Crippen molar-refractivity contribution >= 4 is 30.5 Å². The lowest BCUT2D eigenvalue weighted by Crippen LogP contribution is -2.42. The molecule has 28 heavy (non-hydrogen) atoms. The largest absolute Gasteiger partial charge is 0.434 e. The van der Waals surface area contributed by atoms with E-state index in [1.165, 1.54) is 12.1 Å². The van der Waals surface area contributed by atoms with E-state index in [1.807, 2.05) is 0 Å². The molecule has 0 radical (unpaired) electrons. The van der Waals surface area contributed by atoms with E-state index in [0.29, 0.717) is 13.0 Å². The summed E-state index contributed by atoms with van der Waals surface area (Å²) in [5.74, 6) is -0.867. The molecule has 2 aromatic rings. The van der Waals surface area contributed by atoms with E-state index >= 15 is 0 Å². The lowest BCUT2D eigenvalue weighted by molar-refractivity contribution is -0.137. The van der Waals surface area contributed by atoms with E-state index in [2.05, 4.69) is 15.5 Å². The van der Waals surface area contributed by atoms with Gasteiger partial charge in [-0.05, 0) is 38.0 Å². The summed E-state index contributed by atoms with van der Waals surface area (Å²) in [4.78, 5) is 11.1. The van der Waals surface area contributed by atoms with E-state index in [1.54, 1.807) is 6.92 Å². The van der Waals surface area contributed by atoms with Gasteiger partial charge in [-0.3, -0.25) is 0 Å². The number of hydrogen-bond donors (Lipinski definition) is 3. The highest BCUT2D eigenvalue weighted by atomic mass is 35.5. The van der Waals surface area contributed by atoms with Crippen molar-refractivity contribution in [2.75, 3.05) is 11.9 Å². The molecule has 3 atom stereocenters. The minimum Gasteiger partial charge on any atom is -0.388 e. The standard InChI is InChI=1S/C16H19F3N4O3.2ClH/c1-8(13-5-3-10(20)7-25-13)21-12-6-9(14-22-23-15(24)26-14)2-4-11(12)16(17,18)19;;/h2,4,6,8,10,13,21H,3,5,7,20H2,1H3,(H,23,24);2*1H/t8?,10-,13+;;/m1../s1. The molecular weight excluding hydrogens is 424 g/mol. The van der Waals surface area contributed by atoms with Crippen molar-refractivity contribution in [3.05, 3.63) is 34.3 Å². The Kier molecular flexibility index (Phi) is 8.36. The Hall–Kier alpha value is -1.75. The summed E-state index contributed by atoms with van der Waals surface area (Å²) in [6.07, 6.45) is -3.38. The number of hydrogen-bond acceptors (Lipinski definition) is 6. The Morgan fingerprint density at radius 3 is 2.57 bits per heavy atom. The molecule has 158 valence electrons. The molecule has 0 amide bonds. The second-order valence-corrected chi connectivity index (χ2v) is 6.32. The van der Waals surface area contributed by atoms with Crippen LogP contribution in [0.5, 0.6) is 0 Å². The number of nitrogens with zero attached hydrogens (tertiary/aromatic N) is 1. The van der Waals surface area contributed by atoms with Gasteiger partial charge in [0.15, 0.2) is 0 Å². The van der Waals surface area contributed by atoms with E-state index in [9.17, 15) is 18.0 Å². The number of benzene rings is 1. The van der Waals surface area contributed by atoms with E-state index in [4.69, 9.17) is 14.9 Å². The lowest BCUT2D eigenvalue weighted by atomic mass is 10.00. The van der Waals surface area contributed by atoms with Crippen LogP contribution in [0.2, 0.25) is 0 Å². The minimum atomic E-state index is -4.54. The van der Waals surface area contributed by atoms with Crippen LogP contribution in [0.1, 0.15) is 25.3 Å². The van der Waals surface area contributed by atoms with Crippen molar-refractivity contribution in [1.29, 1.82) is 0 Å². The van der Waals surface area contributed by atoms with Crippen LogP contribution >= 0.6 is 24.8 Å². The summed E-state index contributed by atoms with van der Waals surface area (Å²) in [7, 11) is 0. The van der Waals surface area contributed by atoms with Crippen molar-refractivity contribution in [2.45, 2.75) is 44.1 Å². The molecule has 1 aromatic heterocycles. The van der Waals surface area contributed by atoms with Crippen molar-refractivity contribution < 1.29 is 22.3 Å². The molecule has 0 bridgehead atoms. The van der Waals surface area contributed by atoms with Gasteiger partial charge in [-0.2, -0.15) is 13.2 Å². The summed E-state index contributed by atoms with van der Waals surface area (Å²) in [5.41, 5.74) is 5.07. The minimum absolute atomic E-state index is 0. The van der Waals surface area contributed by atoms with Gasteiger partial charge in [-0.25, -0.2) is 9.89 Å². The zero-order chi connectivity index (χ0) is 18.9. The number of nitrogens with one attached hydrogen (secondary N) is 2. The zero-order valence-electron chi connectivity index (χ0n) is 14.8. The highest BCUT2D eigenvalue weighted by Gasteiger charge is 2.35. The quantitative estimate of drug-likeness (QED) is 0.668. The first kappa shape index (κ1) is 24.3. The topological polar surface area (TPSA) is 106 Å². The van der Waals surface area contributed by atoms with Crippen molar-refractivity contribution in [3.63, 3.8) is 0 Å². The van der Waals surface area contributed by atoms with Gasteiger partial charge in [-0.1, -0.05) is 0 Å². The molecule has 0 saturated carbocycles. The fourth-order valence-electron chi connectivity index (χ4n) is 2.92. The predicted octanol–water partition coefficient (Wildman–Crippen LogP) is 3.20. The van der Waals surface area contributed by atoms with E-state index in [-0.39, 0.29) is 60.1 Å². The SMILES string of the molecule is CC(Nc1cc(-c2n[nH]c(=O)o2)ccc1C(F)(F)F)[C@@H]1CC[C@@H](N)CO1.Cl.Cl. The molecule has 4 N–H and O–H groups in total. The molecule has 7 nitrogen and oxygen atoms in total. The highest BCUT2D eigenvalue weighted by molar-refractivity contribution is 5.85. The summed E-state index contributed by atoms with van der Waals surface area (Å²) in [5, 5.41) is 8.60. The maximum Gasteiger partial charge on any atom is 0.434 e. The van der Waals surface area contributed by atoms with Gasteiger partial charge in [0, 0.05) is 23.3 Å². The monoisotopic (exact) mass is 444 g/mol. The smallest absolute Gasteiger partial charge is 0.388 e. The first-order valence-electron chi connectivity index (χ1n) is 8.15. The summed E-state index contributed by atoms with van der Waals surface area (Å²) in [6, 6.07) is 2.97. The maximum atomic E-state index is 13.3. The van der Waals surface area contributed by atoms with Crippen LogP contribution < -0.4 is 16.8 Å². The van der Waals surface area contributed by atoms with Crippen LogP contribution in [0, 0.1) is 0 Å². The molecule has 0 spiro atoms. The molecule has 12 heteroatoms. The van der Waals surface area contributed by atoms with Gasteiger partial charge in [0.05, 0.1) is 18.3 Å². The normalized spacial score (nSPS) is 20.6. The third-order valence-electron chi connectivity index (χ3n) is 4.30.